The summed E-state index contributed by atoms with van der Waals surface area (Å²) in [5.74, 6) is -2.04. The molecule has 1 aromatic heterocycles. The molecule has 3 aromatic rings. The van der Waals surface area contributed by atoms with Crippen molar-refractivity contribution < 1.29 is 32.3 Å². The van der Waals surface area contributed by atoms with E-state index in [4.69, 9.17) is 0 Å². The molecule has 0 saturated heterocycles. The third kappa shape index (κ3) is 5.25. The predicted molar refractivity (Wildman–Crippen MR) is 114 cm³/mol. The second-order valence-electron chi connectivity index (χ2n) is 6.08. The number of carbonyl (C=O) groups is 3. The van der Waals surface area contributed by atoms with Crippen LogP contribution in [-0.2, 0) is 19.5 Å². The van der Waals surface area contributed by atoms with E-state index >= 15 is 0 Å². The number of ether oxygens (including phenoxy) is 2. The second kappa shape index (κ2) is 9.53. The van der Waals surface area contributed by atoms with Gasteiger partial charge < -0.3 is 9.47 Å². The number of nitrogens with one attached hydrogen (secondary N) is 2. The molecule has 11 nitrogen and oxygen atoms in total. The lowest BCUT2D eigenvalue weighted by Crippen LogP contribution is -2.15. The highest BCUT2D eigenvalue weighted by atomic mass is 32.2. The van der Waals surface area contributed by atoms with Gasteiger partial charge in [-0.05, 0) is 30.3 Å². The predicted octanol–water partition coefficient (Wildman–Crippen LogP) is 2.16. The third-order valence-corrected chi connectivity index (χ3v) is 6.51. The first kappa shape index (κ1) is 22.8. The first-order chi connectivity index (χ1) is 15.2. The highest BCUT2D eigenvalue weighted by molar-refractivity contribution is 7.94. The third-order valence-electron chi connectivity index (χ3n) is 3.92. The number of amides is 1. The van der Waals surface area contributed by atoms with E-state index in [0.29, 0.717) is 16.9 Å². The molecule has 1 heterocycles. The number of anilines is 2. The van der Waals surface area contributed by atoms with E-state index in [9.17, 15) is 22.8 Å². The summed E-state index contributed by atoms with van der Waals surface area (Å²) in [6.07, 6.45) is 0. The molecular formula is C19H16N4O7S2. The smallest absolute Gasteiger partial charge is 0.337 e. The van der Waals surface area contributed by atoms with Crippen molar-refractivity contribution in [3.05, 3.63) is 65.2 Å². The number of rotatable bonds is 7. The first-order valence-corrected chi connectivity index (χ1v) is 11.1. The van der Waals surface area contributed by atoms with Crippen molar-refractivity contribution in [1.29, 1.82) is 0 Å². The molecule has 0 spiro atoms. The number of sulfonamides is 1. The summed E-state index contributed by atoms with van der Waals surface area (Å²) in [6.45, 7) is 0. The standard InChI is InChI=1S/C19H16N4O7S2/c1-29-16(25)12-8-13(17(26)30-2)10-14(9-12)23-32(27,28)19-22-21-18(31-19)20-15(24)11-6-4-3-5-7-11/h3-10,23H,1-2H3,(H,20,21,24). The Kier molecular flexibility index (Phi) is 6.80. The largest absolute Gasteiger partial charge is 0.465 e. The van der Waals surface area contributed by atoms with Crippen LogP contribution in [0.25, 0.3) is 0 Å². The Morgan fingerprint density at radius 3 is 2.03 bits per heavy atom. The minimum Gasteiger partial charge on any atom is -0.465 e. The summed E-state index contributed by atoms with van der Waals surface area (Å²) in [7, 11) is -1.97. The zero-order valence-electron chi connectivity index (χ0n) is 16.7. The molecule has 2 N–H and O–H groups in total. The van der Waals surface area contributed by atoms with Crippen LogP contribution < -0.4 is 10.0 Å². The molecule has 0 saturated carbocycles. The number of benzene rings is 2. The maximum atomic E-state index is 12.7. The van der Waals surface area contributed by atoms with Gasteiger partial charge in [-0.3, -0.25) is 14.8 Å². The first-order valence-electron chi connectivity index (χ1n) is 8.78. The molecule has 0 fully saturated rings. The van der Waals surface area contributed by atoms with Gasteiger partial charge in [0, 0.05) is 5.56 Å². The van der Waals surface area contributed by atoms with Crippen molar-refractivity contribution in [2.75, 3.05) is 24.3 Å². The van der Waals surface area contributed by atoms with Crippen LogP contribution in [0.15, 0.2) is 52.9 Å². The van der Waals surface area contributed by atoms with Crippen LogP contribution in [0.5, 0.6) is 0 Å². The lowest BCUT2D eigenvalue weighted by molar-refractivity contribution is 0.0599. The van der Waals surface area contributed by atoms with E-state index in [-0.39, 0.29) is 21.9 Å². The lowest BCUT2D eigenvalue weighted by atomic mass is 10.1. The fourth-order valence-corrected chi connectivity index (χ4v) is 4.42. The van der Waals surface area contributed by atoms with Crippen LogP contribution >= 0.6 is 11.3 Å². The lowest BCUT2D eigenvalue weighted by Gasteiger charge is -2.09. The maximum Gasteiger partial charge on any atom is 0.337 e. The van der Waals surface area contributed by atoms with Gasteiger partial charge in [0.15, 0.2) is 0 Å². The molecule has 2 aromatic carbocycles. The van der Waals surface area contributed by atoms with Crippen LogP contribution in [0.1, 0.15) is 31.1 Å². The average Bonchev–Trinajstić information content (AvgIpc) is 3.27. The van der Waals surface area contributed by atoms with Crippen LogP contribution in [0.4, 0.5) is 10.8 Å². The topological polar surface area (TPSA) is 154 Å². The van der Waals surface area contributed by atoms with E-state index in [0.717, 1.165) is 14.2 Å². The van der Waals surface area contributed by atoms with E-state index in [1.165, 1.54) is 18.2 Å². The Balaban J connectivity index is 1.84. The Hall–Kier alpha value is -3.84. The van der Waals surface area contributed by atoms with Crippen LogP contribution in [0, 0.1) is 0 Å². The summed E-state index contributed by atoms with van der Waals surface area (Å²) in [5, 5.41) is 9.71. The van der Waals surface area contributed by atoms with E-state index in [1.54, 1.807) is 30.3 Å². The number of aromatic nitrogens is 2. The number of hydrogen-bond donors (Lipinski definition) is 2. The SMILES string of the molecule is COC(=O)c1cc(NS(=O)(=O)c2nnc(NC(=O)c3ccccc3)s2)cc(C(=O)OC)c1. The average molecular weight is 476 g/mol. The quantitative estimate of drug-likeness (QED) is 0.386. The molecule has 0 unspecified atom stereocenters. The van der Waals surface area contributed by atoms with Crippen molar-refractivity contribution in [3.8, 4) is 0 Å². The van der Waals surface area contributed by atoms with E-state index < -0.39 is 32.2 Å². The Labute approximate surface area is 186 Å². The molecule has 1 amide bonds. The number of esters is 2. The van der Waals surface area contributed by atoms with Gasteiger partial charge in [0.1, 0.15) is 0 Å². The highest BCUT2D eigenvalue weighted by Crippen LogP contribution is 2.25. The van der Waals surface area contributed by atoms with Gasteiger partial charge in [0.05, 0.1) is 31.0 Å². The van der Waals surface area contributed by atoms with Gasteiger partial charge >= 0.3 is 11.9 Å². The van der Waals surface area contributed by atoms with Crippen molar-refractivity contribution in [2.45, 2.75) is 4.34 Å². The molecular weight excluding hydrogens is 460 g/mol. The van der Waals surface area contributed by atoms with Crippen LogP contribution in [0.2, 0.25) is 0 Å². The van der Waals surface area contributed by atoms with Crippen LogP contribution in [0.3, 0.4) is 0 Å². The normalized spacial score (nSPS) is 10.8. The summed E-state index contributed by atoms with van der Waals surface area (Å²) >= 11 is 0.624. The number of hydrogen-bond acceptors (Lipinski definition) is 10. The molecule has 0 aliphatic carbocycles. The molecule has 0 aliphatic heterocycles. The number of carbonyl (C=O) groups excluding carboxylic acids is 3. The van der Waals surface area contributed by atoms with Gasteiger partial charge in [0.25, 0.3) is 20.3 Å². The molecule has 13 heteroatoms. The fourth-order valence-electron chi connectivity index (χ4n) is 2.48. The number of nitrogens with zero attached hydrogens (tertiary/aromatic N) is 2. The summed E-state index contributed by atoms with van der Waals surface area (Å²) in [5.41, 5.74) is 0.126. The molecule has 0 aliphatic rings. The van der Waals surface area contributed by atoms with Crippen molar-refractivity contribution >= 4 is 50.0 Å². The van der Waals surface area contributed by atoms with E-state index in [2.05, 4.69) is 29.7 Å². The number of methoxy groups -OCH3 is 2. The highest BCUT2D eigenvalue weighted by Gasteiger charge is 2.23. The zero-order valence-corrected chi connectivity index (χ0v) is 18.3. The van der Waals surface area contributed by atoms with Crippen molar-refractivity contribution in [3.63, 3.8) is 0 Å². The summed E-state index contributed by atoms with van der Waals surface area (Å²) < 4.78 is 36.5. The monoisotopic (exact) mass is 476 g/mol. The molecule has 32 heavy (non-hydrogen) atoms. The summed E-state index contributed by atoms with van der Waals surface area (Å²) in [4.78, 5) is 35.9. The molecule has 0 atom stereocenters. The van der Waals surface area contributed by atoms with Gasteiger partial charge in [0.2, 0.25) is 5.13 Å². The fraction of sp³-hybridized carbons (Fsp3) is 0.105. The Morgan fingerprint density at radius 2 is 1.47 bits per heavy atom. The zero-order chi connectivity index (χ0) is 23.3. The Bertz CT molecular complexity index is 1240. The minimum absolute atomic E-state index is 0.0298. The molecule has 0 radical (unpaired) electrons. The minimum atomic E-state index is -4.25. The van der Waals surface area contributed by atoms with Gasteiger partial charge in [-0.2, -0.15) is 8.42 Å². The van der Waals surface area contributed by atoms with Gasteiger partial charge in [-0.1, -0.05) is 29.5 Å². The molecule has 0 bridgehead atoms. The summed E-state index contributed by atoms with van der Waals surface area (Å²) in [6, 6.07) is 11.9. The molecule has 166 valence electrons. The maximum absolute atomic E-state index is 12.7. The second-order valence-corrected chi connectivity index (χ2v) is 8.91. The Morgan fingerprint density at radius 1 is 0.875 bits per heavy atom. The van der Waals surface area contributed by atoms with Crippen molar-refractivity contribution in [2.24, 2.45) is 0 Å². The van der Waals surface area contributed by atoms with E-state index in [1.807, 2.05) is 0 Å². The van der Waals surface area contributed by atoms with Gasteiger partial charge in [-0.25, -0.2) is 9.59 Å². The van der Waals surface area contributed by atoms with Gasteiger partial charge in [-0.15, -0.1) is 10.2 Å². The van der Waals surface area contributed by atoms with Crippen molar-refractivity contribution in [1.82, 2.24) is 10.2 Å². The molecule has 3 rings (SSSR count). The van der Waals surface area contributed by atoms with Crippen LogP contribution in [-0.4, -0.2) is 50.7 Å².